The summed E-state index contributed by atoms with van der Waals surface area (Å²) >= 11 is 1.61. The number of aryl methyl sites for hydroxylation is 2. The molecular formula is C10H15N3OS. The predicted molar refractivity (Wildman–Crippen MR) is 61.5 cm³/mol. The quantitative estimate of drug-likeness (QED) is 0.838. The van der Waals surface area contributed by atoms with Crippen molar-refractivity contribution in [1.29, 1.82) is 0 Å². The van der Waals surface area contributed by atoms with Crippen LogP contribution in [0.15, 0.2) is 0 Å². The van der Waals surface area contributed by atoms with E-state index in [0.29, 0.717) is 6.54 Å². The number of nitrogens with zero attached hydrogens (tertiary/aromatic N) is 2. The van der Waals surface area contributed by atoms with Crippen molar-refractivity contribution in [3.05, 3.63) is 10.6 Å². The molecule has 1 aromatic rings. The molecule has 5 heteroatoms. The summed E-state index contributed by atoms with van der Waals surface area (Å²) in [6.07, 6.45) is 3.38. The van der Waals surface area contributed by atoms with Crippen LogP contribution in [0.5, 0.6) is 0 Å². The molecule has 1 aliphatic rings. The van der Waals surface area contributed by atoms with E-state index in [1.54, 1.807) is 23.3 Å². The van der Waals surface area contributed by atoms with Crippen molar-refractivity contribution < 1.29 is 4.79 Å². The molecule has 4 nitrogen and oxygen atoms in total. The van der Waals surface area contributed by atoms with Gasteiger partial charge in [-0.15, -0.1) is 11.3 Å². The van der Waals surface area contributed by atoms with Gasteiger partial charge in [-0.25, -0.2) is 9.78 Å². The largest absolute Gasteiger partial charge is 0.328 e. The van der Waals surface area contributed by atoms with E-state index in [1.807, 2.05) is 6.92 Å². The molecule has 0 bridgehead atoms. The molecule has 2 amide bonds. The van der Waals surface area contributed by atoms with E-state index in [4.69, 9.17) is 0 Å². The number of hydrogen-bond donors (Lipinski definition) is 1. The van der Waals surface area contributed by atoms with Crippen molar-refractivity contribution in [3.8, 4) is 0 Å². The van der Waals surface area contributed by atoms with Crippen molar-refractivity contribution in [3.63, 3.8) is 0 Å². The van der Waals surface area contributed by atoms with Crippen LogP contribution < -0.4 is 5.32 Å². The fraction of sp³-hybridized carbons (Fsp3) is 0.600. The molecule has 0 spiro atoms. The summed E-state index contributed by atoms with van der Waals surface area (Å²) in [4.78, 5) is 18.9. The van der Waals surface area contributed by atoms with Gasteiger partial charge in [-0.1, -0.05) is 0 Å². The minimum Gasteiger partial charge on any atom is -0.328 e. The Morgan fingerprint density at radius 2 is 2.40 bits per heavy atom. The molecule has 0 atom stereocenters. The summed E-state index contributed by atoms with van der Waals surface area (Å²) in [7, 11) is 1.77. The van der Waals surface area contributed by atoms with Crippen LogP contribution >= 0.6 is 11.3 Å². The van der Waals surface area contributed by atoms with Crippen LogP contribution in [0.4, 0.5) is 9.93 Å². The average Bonchev–Trinajstić information content (AvgIpc) is 2.76. The number of nitrogens with one attached hydrogen (secondary N) is 1. The lowest BCUT2D eigenvalue weighted by Gasteiger charge is -2.13. The summed E-state index contributed by atoms with van der Waals surface area (Å²) in [6.45, 7) is 2.65. The van der Waals surface area contributed by atoms with Crippen LogP contribution in [0.2, 0.25) is 0 Å². The maximum absolute atomic E-state index is 11.6. The third-order valence-electron chi connectivity index (χ3n) is 2.63. The first kappa shape index (κ1) is 10.4. The average molecular weight is 225 g/mol. The molecule has 0 saturated carbocycles. The number of urea groups is 1. The topological polar surface area (TPSA) is 45.2 Å². The van der Waals surface area contributed by atoms with Gasteiger partial charge in [0.2, 0.25) is 0 Å². The summed E-state index contributed by atoms with van der Waals surface area (Å²) in [5.41, 5.74) is 1.18. The van der Waals surface area contributed by atoms with Crippen molar-refractivity contribution in [1.82, 2.24) is 9.88 Å². The maximum atomic E-state index is 11.6. The second-order valence-corrected chi connectivity index (χ2v) is 4.77. The number of carbonyl (C=O) groups excluding carboxylic acids is 1. The minimum atomic E-state index is -0.0788. The van der Waals surface area contributed by atoms with E-state index in [1.165, 1.54) is 17.0 Å². The smallest absolute Gasteiger partial charge is 0.323 e. The van der Waals surface area contributed by atoms with Crippen LogP contribution in [-0.4, -0.2) is 29.5 Å². The Kier molecular flexibility index (Phi) is 2.90. The number of thiazole rings is 1. The normalized spacial score (nSPS) is 13.7. The Labute approximate surface area is 93.3 Å². The lowest BCUT2D eigenvalue weighted by atomic mass is 10.4. The summed E-state index contributed by atoms with van der Waals surface area (Å²) in [6, 6.07) is -0.0788. The number of aromatic nitrogens is 1. The van der Waals surface area contributed by atoms with E-state index in [9.17, 15) is 4.79 Å². The number of anilines is 1. The highest BCUT2D eigenvalue weighted by atomic mass is 32.1. The van der Waals surface area contributed by atoms with E-state index in [2.05, 4.69) is 10.3 Å². The van der Waals surface area contributed by atoms with Gasteiger partial charge in [0.1, 0.15) is 0 Å². The Balaban J connectivity index is 2.02. The molecule has 1 aliphatic carbocycles. The second kappa shape index (κ2) is 4.18. The molecule has 1 N–H and O–H groups in total. The molecule has 0 unspecified atom stereocenters. The summed E-state index contributed by atoms with van der Waals surface area (Å²) in [5.74, 6) is 0. The van der Waals surface area contributed by atoms with Gasteiger partial charge < -0.3 is 4.90 Å². The highest BCUT2D eigenvalue weighted by molar-refractivity contribution is 7.15. The monoisotopic (exact) mass is 225 g/mol. The molecule has 0 fully saturated rings. The van der Waals surface area contributed by atoms with Crippen molar-refractivity contribution in [2.75, 3.05) is 18.9 Å². The number of carbonyl (C=O) groups is 1. The zero-order valence-corrected chi connectivity index (χ0v) is 9.86. The molecule has 0 aromatic carbocycles. The van der Waals surface area contributed by atoms with Gasteiger partial charge in [0.25, 0.3) is 0 Å². The van der Waals surface area contributed by atoms with Crippen LogP contribution in [-0.2, 0) is 12.8 Å². The Bertz CT molecular complexity index is 353. The molecule has 15 heavy (non-hydrogen) atoms. The summed E-state index contributed by atoms with van der Waals surface area (Å²) in [5, 5.41) is 3.56. The SMILES string of the molecule is CCN(C)C(=O)Nc1nc2c(s1)CCC2. The van der Waals surface area contributed by atoms with Gasteiger partial charge in [-0.2, -0.15) is 0 Å². The first-order valence-corrected chi connectivity index (χ1v) is 6.03. The number of rotatable bonds is 2. The molecule has 0 radical (unpaired) electrons. The molecule has 2 rings (SSSR count). The molecule has 82 valence electrons. The third-order valence-corrected chi connectivity index (χ3v) is 3.70. The van der Waals surface area contributed by atoms with E-state index in [0.717, 1.165) is 18.0 Å². The molecule has 1 heterocycles. The Morgan fingerprint density at radius 1 is 1.60 bits per heavy atom. The van der Waals surface area contributed by atoms with Crippen molar-refractivity contribution in [2.45, 2.75) is 26.2 Å². The van der Waals surface area contributed by atoms with E-state index < -0.39 is 0 Å². The van der Waals surface area contributed by atoms with Crippen LogP contribution in [0.3, 0.4) is 0 Å². The van der Waals surface area contributed by atoms with Crippen molar-refractivity contribution >= 4 is 22.5 Å². The van der Waals surface area contributed by atoms with Crippen LogP contribution in [0.1, 0.15) is 23.9 Å². The molecular weight excluding hydrogens is 210 g/mol. The van der Waals surface area contributed by atoms with Crippen LogP contribution in [0.25, 0.3) is 0 Å². The second-order valence-electron chi connectivity index (χ2n) is 3.69. The summed E-state index contributed by atoms with van der Waals surface area (Å²) < 4.78 is 0. The first-order chi connectivity index (χ1) is 7.20. The van der Waals surface area contributed by atoms with E-state index in [-0.39, 0.29) is 6.03 Å². The minimum absolute atomic E-state index is 0.0788. The number of fused-ring (bicyclic) bond motifs is 1. The van der Waals surface area contributed by atoms with Crippen LogP contribution in [0, 0.1) is 0 Å². The maximum Gasteiger partial charge on any atom is 0.323 e. The standard InChI is InChI=1S/C10H15N3OS/c1-3-13(2)10(14)12-9-11-7-5-4-6-8(7)15-9/h3-6H2,1-2H3,(H,11,12,14). The van der Waals surface area contributed by atoms with E-state index >= 15 is 0 Å². The predicted octanol–water partition coefficient (Wildman–Crippen LogP) is 2.12. The fourth-order valence-corrected chi connectivity index (χ4v) is 2.61. The lowest BCUT2D eigenvalue weighted by molar-refractivity contribution is 0.224. The van der Waals surface area contributed by atoms with Gasteiger partial charge in [0.15, 0.2) is 5.13 Å². The highest BCUT2D eigenvalue weighted by Crippen LogP contribution is 2.30. The molecule has 0 saturated heterocycles. The zero-order chi connectivity index (χ0) is 10.8. The van der Waals surface area contributed by atoms with Gasteiger partial charge in [-0.05, 0) is 26.2 Å². The highest BCUT2D eigenvalue weighted by Gasteiger charge is 2.18. The molecule has 1 aromatic heterocycles. The van der Waals surface area contributed by atoms with Gasteiger partial charge >= 0.3 is 6.03 Å². The Morgan fingerprint density at radius 3 is 3.07 bits per heavy atom. The third kappa shape index (κ3) is 2.12. The molecule has 0 aliphatic heterocycles. The number of hydrogen-bond acceptors (Lipinski definition) is 3. The zero-order valence-electron chi connectivity index (χ0n) is 9.04. The lowest BCUT2D eigenvalue weighted by Crippen LogP contribution is -2.30. The first-order valence-electron chi connectivity index (χ1n) is 5.21. The Hall–Kier alpha value is -1.10. The van der Waals surface area contributed by atoms with Gasteiger partial charge in [0.05, 0.1) is 5.69 Å². The van der Waals surface area contributed by atoms with Gasteiger partial charge in [0, 0.05) is 18.5 Å². The number of amides is 2. The van der Waals surface area contributed by atoms with Crippen molar-refractivity contribution in [2.24, 2.45) is 0 Å². The fourth-order valence-electron chi connectivity index (χ4n) is 1.57. The van der Waals surface area contributed by atoms with Gasteiger partial charge in [-0.3, -0.25) is 5.32 Å².